The second-order valence-corrected chi connectivity index (χ2v) is 5.97. The van der Waals surface area contributed by atoms with E-state index in [0.29, 0.717) is 6.04 Å². The van der Waals surface area contributed by atoms with Crippen molar-refractivity contribution in [1.29, 1.82) is 0 Å². The topological polar surface area (TPSA) is 24.9 Å². The van der Waals surface area contributed by atoms with Crippen molar-refractivity contribution in [1.82, 2.24) is 10.3 Å². The highest BCUT2D eigenvalue weighted by atomic mass is 14.9. The molecule has 2 aromatic rings. The lowest BCUT2D eigenvalue weighted by Crippen LogP contribution is -2.19. The first-order valence-corrected chi connectivity index (χ1v) is 8.02. The number of hydrogen-bond acceptors (Lipinski definition) is 2. The zero-order chi connectivity index (χ0) is 14.7. The van der Waals surface area contributed by atoms with Crippen molar-refractivity contribution in [3.05, 3.63) is 53.2 Å². The van der Waals surface area contributed by atoms with Crippen molar-refractivity contribution in [2.45, 2.75) is 45.1 Å². The third-order valence-electron chi connectivity index (χ3n) is 4.42. The smallest absolute Gasteiger partial charge is 0.0708 e. The largest absolute Gasteiger partial charge is 0.310 e. The van der Waals surface area contributed by atoms with E-state index < -0.39 is 0 Å². The SMILES string of the molecule is CNC(C1=CCCCCC1)c1cc(C)nc2ccccc12. The van der Waals surface area contributed by atoms with Crippen LogP contribution in [-0.2, 0) is 0 Å². The zero-order valence-electron chi connectivity index (χ0n) is 13.0. The van der Waals surface area contributed by atoms with Crippen LogP contribution >= 0.6 is 0 Å². The summed E-state index contributed by atoms with van der Waals surface area (Å²) in [5, 5.41) is 4.81. The highest BCUT2D eigenvalue weighted by Crippen LogP contribution is 2.33. The quantitative estimate of drug-likeness (QED) is 0.825. The van der Waals surface area contributed by atoms with Crippen LogP contribution in [-0.4, -0.2) is 12.0 Å². The Kier molecular flexibility index (Phi) is 4.35. The minimum Gasteiger partial charge on any atom is -0.310 e. The van der Waals surface area contributed by atoms with E-state index in [1.807, 2.05) is 0 Å². The first-order chi connectivity index (χ1) is 10.3. The monoisotopic (exact) mass is 280 g/mol. The molecule has 1 heterocycles. The maximum atomic E-state index is 4.67. The van der Waals surface area contributed by atoms with Gasteiger partial charge >= 0.3 is 0 Å². The fraction of sp³-hybridized carbons (Fsp3) is 0.421. The Morgan fingerprint density at radius 1 is 1.14 bits per heavy atom. The van der Waals surface area contributed by atoms with Gasteiger partial charge in [0.1, 0.15) is 0 Å². The molecule has 1 aromatic heterocycles. The predicted octanol–water partition coefficient (Wildman–Crippen LogP) is 4.69. The molecule has 0 saturated heterocycles. The van der Waals surface area contributed by atoms with E-state index in [1.165, 1.54) is 43.1 Å². The number of aryl methyl sites for hydroxylation is 1. The average molecular weight is 280 g/mol. The van der Waals surface area contributed by atoms with Gasteiger partial charge < -0.3 is 5.32 Å². The Labute approximate surface area is 127 Å². The first kappa shape index (κ1) is 14.3. The van der Waals surface area contributed by atoms with E-state index in [9.17, 15) is 0 Å². The maximum absolute atomic E-state index is 4.67. The van der Waals surface area contributed by atoms with Gasteiger partial charge in [-0.05, 0) is 57.4 Å². The van der Waals surface area contributed by atoms with E-state index in [2.05, 4.69) is 60.7 Å². The Morgan fingerprint density at radius 3 is 2.86 bits per heavy atom. The normalized spacial score (nSPS) is 17.3. The first-order valence-electron chi connectivity index (χ1n) is 8.02. The summed E-state index contributed by atoms with van der Waals surface area (Å²) in [4.78, 5) is 4.67. The van der Waals surface area contributed by atoms with Gasteiger partial charge in [0.15, 0.2) is 0 Å². The van der Waals surface area contributed by atoms with Crippen LogP contribution < -0.4 is 5.32 Å². The number of para-hydroxylation sites is 1. The maximum Gasteiger partial charge on any atom is 0.0708 e. The molecule has 21 heavy (non-hydrogen) atoms. The zero-order valence-corrected chi connectivity index (χ0v) is 13.0. The molecule has 0 amide bonds. The van der Waals surface area contributed by atoms with Crippen molar-refractivity contribution >= 4 is 10.9 Å². The molecular formula is C19H24N2. The molecule has 1 N–H and O–H groups in total. The Bertz CT molecular complexity index is 658. The second-order valence-electron chi connectivity index (χ2n) is 5.97. The summed E-state index contributed by atoms with van der Waals surface area (Å²) in [6, 6.07) is 11.0. The van der Waals surface area contributed by atoms with Crippen LogP contribution in [0.1, 0.15) is 49.4 Å². The lowest BCUT2D eigenvalue weighted by molar-refractivity contribution is 0.631. The summed E-state index contributed by atoms with van der Waals surface area (Å²) in [6.45, 7) is 2.09. The van der Waals surface area contributed by atoms with Crippen LogP contribution in [0.15, 0.2) is 42.0 Å². The van der Waals surface area contributed by atoms with Gasteiger partial charge in [-0.3, -0.25) is 4.98 Å². The highest BCUT2D eigenvalue weighted by Gasteiger charge is 2.18. The molecule has 3 rings (SSSR count). The van der Waals surface area contributed by atoms with Crippen LogP contribution in [0, 0.1) is 6.92 Å². The molecule has 0 radical (unpaired) electrons. The van der Waals surface area contributed by atoms with Crippen LogP contribution in [0.5, 0.6) is 0 Å². The minimum absolute atomic E-state index is 0.315. The molecule has 1 atom stereocenters. The standard InChI is InChI=1S/C19H24N2/c1-14-13-17(16-11-7-8-12-18(16)21-14)19(20-2)15-9-5-3-4-6-10-15/h7-9,11-13,19-20H,3-6,10H2,1-2H3. The lowest BCUT2D eigenvalue weighted by Gasteiger charge is -2.22. The summed E-state index contributed by atoms with van der Waals surface area (Å²) in [7, 11) is 2.07. The second kappa shape index (κ2) is 6.40. The number of likely N-dealkylation sites (N-methyl/N-ethyl adjacent to an activating group) is 1. The van der Waals surface area contributed by atoms with E-state index in [4.69, 9.17) is 0 Å². The number of aromatic nitrogens is 1. The molecule has 0 aliphatic heterocycles. The highest BCUT2D eigenvalue weighted by molar-refractivity contribution is 5.83. The van der Waals surface area contributed by atoms with Crippen molar-refractivity contribution in [3.8, 4) is 0 Å². The van der Waals surface area contributed by atoms with Crippen molar-refractivity contribution in [2.24, 2.45) is 0 Å². The summed E-state index contributed by atoms with van der Waals surface area (Å²) in [5.74, 6) is 0. The fourth-order valence-electron chi connectivity index (χ4n) is 3.42. The van der Waals surface area contributed by atoms with Gasteiger partial charge in [0.2, 0.25) is 0 Å². The van der Waals surface area contributed by atoms with Crippen molar-refractivity contribution in [2.75, 3.05) is 7.05 Å². The van der Waals surface area contributed by atoms with E-state index in [-0.39, 0.29) is 0 Å². The van der Waals surface area contributed by atoms with Crippen LogP contribution in [0.3, 0.4) is 0 Å². The Hall–Kier alpha value is -1.67. The Morgan fingerprint density at radius 2 is 2.00 bits per heavy atom. The van der Waals surface area contributed by atoms with Crippen LogP contribution in [0.4, 0.5) is 0 Å². The van der Waals surface area contributed by atoms with Gasteiger partial charge in [-0.2, -0.15) is 0 Å². The number of allylic oxidation sites excluding steroid dienone is 1. The summed E-state index contributed by atoms with van der Waals surface area (Å²) in [5.41, 5.74) is 5.11. The molecule has 2 heteroatoms. The molecule has 0 fully saturated rings. The van der Waals surface area contributed by atoms with E-state index in [1.54, 1.807) is 5.57 Å². The van der Waals surface area contributed by atoms with Gasteiger partial charge in [-0.25, -0.2) is 0 Å². The number of nitrogens with zero attached hydrogens (tertiary/aromatic N) is 1. The van der Waals surface area contributed by atoms with Crippen molar-refractivity contribution in [3.63, 3.8) is 0 Å². The molecule has 0 bridgehead atoms. The Balaban J connectivity index is 2.10. The summed E-state index contributed by atoms with van der Waals surface area (Å²) < 4.78 is 0. The summed E-state index contributed by atoms with van der Waals surface area (Å²) >= 11 is 0. The molecule has 2 nitrogen and oxygen atoms in total. The molecule has 1 aliphatic rings. The predicted molar refractivity (Wildman–Crippen MR) is 89.4 cm³/mol. The molecule has 1 aromatic carbocycles. The number of hydrogen-bond donors (Lipinski definition) is 1. The van der Waals surface area contributed by atoms with Gasteiger partial charge in [0, 0.05) is 11.1 Å². The number of fused-ring (bicyclic) bond motifs is 1. The minimum atomic E-state index is 0.315. The van der Waals surface area contributed by atoms with Gasteiger partial charge in [-0.1, -0.05) is 36.3 Å². The average Bonchev–Trinajstić information content (AvgIpc) is 2.77. The number of pyridine rings is 1. The molecule has 0 spiro atoms. The molecular weight excluding hydrogens is 256 g/mol. The van der Waals surface area contributed by atoms with Gasteiger partial charge in [-0.15, -0.1) is 0 Å². The molecule has 1 unspecified atom stereocenters. The number of benzene rings is 1. The molecule has 0 saturated carbocycles. The third-order valence-corrected chi connectivity index (χ3v) is 4.42. The van der Waals surface area contributed by atoms with Crippen molar-refractivity contribution < 1.29 is 0 Å². The number of nitrogens with one attached hydrogen (secondary N) is 1. The van der Waals surface area contributed by atoms with Gasteiger partial charge in [0.05, 0.1) is 11.6 Å². The van der Waals surface area contributed by atoms with Crippen LogP contribution in [0.25, 0.3) is 10.9 Å². The third kappa shape index (κ3) is 3.01. The van der Waals surface area contributed by atoms with Crippen LogP contribution in [0.2, 0.25) is 0 Å². The number of rotatable bonds is 3. The van der Waals surface area contributed by atoms with E-state index in [0.717, 1.165) is 11.2 Å². The fourth-order valence-corrected chi connectivity index (χ4v) is 3.42. The summed E-state index contributed by atoms with van der Waals surface area (Å²) in [6.07, 6.45) is 8.88. The van der Waals surface area contributed by atoms with E-state index >= 15 is 0 Å². The molecule has 110 valence electrons. The lowest BCUT2D eigenvalue weighted by atomic mass is 9.92. The van der Waals surface area contributed by atoms with Gasteiger partial charge in [0.25, 0.3) is 0 Å². The molecule has 1 aliphatic carbocycles.